The third-order valence-electron chi connectivity index (χ3n) is 4.07. The molecule has 5 nitrogen and oxygen atoms in total. The minimum atomic E-state index is -0.214. The molecule has 0 bridgehead atoms. The molecule has 0 saturated carbocycles. The molecular formula is C20H15ClN2O3S. The van der Waals surface area contributed by atoms with Gasteiger partial charge in [-0.3, -0.25) is 9.59 Å². The van der Waals surface area contributed by atoms with E-state index in [1.807, 2.05) is 36.4 Å². The maximum absolute atomic E-state index is 12.4. The van der Waals surface area contributed by atoms with Crippen LogP contribution in [0.4, 0.5) is 11.4 Å². The predicted molar refractivity (Wildman–Crippen MR) is 109 cm³/mol. The summed E-state index contributed by atoms with van der Waals surface area (Å²) in [6.45, 7) is 0.00291. The molecule has 0 saturated heterocycles. The van der Waals surface area contributed by atoms with Gasteiger partial charge in [-0.05, 0) is 35.7 Å². The lowest BCUT2D eigenvalue weighted by Gasteiger charge is -2.18. The van der Waals surface area contributed by atoms with Crippen molar-refractivity contribution in [2.24, 2.45) is 0 Å². The summed E-state index contributed by atoms with van der Waals surface area (Å²) in [4.78, 5) is 24.7. The molecule has 2 amide bonds. The van der Waals surface area contributed by atoms with Crippen LogP contribution in [0.15, 0.2) is 59.5 Å². The Balaban J connectivity index is 1.45. The number of benzene rings is 3. The zero-order valence-corrected chi connectivity index (χ0v) is 15.7. The van der Waals surface area contributed by atoms with E-state index in [2.05, 4.69) is 10.6 Å². The lowest BCUT2D eigenvalue weighted by atomic mass is 10.1. The number of fused-ring (bicyclic) bond motifs is 2. The summed E-state index contributed by atoms with van der Waals surface area (Å²) < 4.78 is 5.31. The Hall–Kier alpha value is -2.70. The molecule has 0 aromatic heterocycles. The van der Waals surface area contributed by atoms with E-state index in [1.54, 1.807) is 18.2 Å². The quantitative estimate of drug-likeness (QED) is 0.632. The summed E-state index contributed by atoms with van der Waals surface area (Å²) >= 11 is 7.76. The van der Waals surface area contributed by atoms with Gasteiger partial charge < -0.3 is 15.4 Å². The summed E-state index contributed by atoms with van der Waals surface area (Å²) in [6, 6.07) is 16.8. The van der Waals surface area contributed by atoms with Gasteiger partial charge in [0.2, 0.25) is 5.91 Å². The number of rotatable bonds is 4. The van der Waals surface area contributed by atoms with Crippen LogP contribution in [0, 0.1) is 0 Å². The maximum Gasteiger partial charge on any atom is 0.262 e. The van der Waals surface area contributed by atoms with Crippen molar-refractivity contribution in [2.75, 3.05) is 23.0 Å². The van der Waals surface area contributed by atoms with Crippen LogP contribution < -0.4 is 15.4 Å². The second-order valence-electron chi connectivity index (χ2n) is 5.98. The molecule has 0 fully saturated rings. The molecular weight excluding hydrogens is 384 g/mol. The van der Waals surface area contributed by atoms with E-state index in [-0.39, 0.29) is 24.2 Å². The zero-order chi connectivity index (χ0) is 18.8. The van der Waals surface area contributed by atoms with Gasteiger partial charge in [-0.15, -0.1) is 11.8 Å². The topological polar surface area (TPSA) is 67.4 Å². The Labute approximate surface area is 165 Å². The van der Waals surface area contributed by atoms with Crippen LogP contribution in [-0.4, -0.2) is 24.2 Å². The van der Waals surface area contributed by atoms with Gasteiger partial charge in [0.1, 0.15) is 5.75 Å². The average molecular weight is 399 g/mol. The molecule has 0 atom stereocenters. The van der Waals surface area contributed by atoms with E-state index in [9.17, 15) is 9.59 Å². The number of carbonyl (C=O) groups is 2. The minimum absolute atomic E-state index is 0.00291. The van der Waals surface area contributed by atoms with Crippen molar-refractivity contribution in [2.45, 2.75) is 4.90 Å². The summed E-state index contributed by atoms with van der Waals surface area (Å²) in [5.74, 6) is 0.471. The number of hydrogen-bond acceptors (Lipinski definition) is 4. The second-order valence-corrected chi connectivity index (χ2v) is 7.40. The molecule has 7 heteroatoms. The normalized spacial score (nSPS) is 12.9. The van der Waals surface area contributed by atoms with Crippen molar-refractivity contribution >= 4 is 57.3 Å². The van der Waals surface area contributed by atoms with Gasteiger partial charge in [0.15, 0.2) is 6.61 Å². The van der Waals surface area contributed by atoms with E-state index in [1.165, 1.54) is 11.8 Å². The third kappa shape index (κ3) is 3.86. The van der Waals surface area contributed by atoms with Gasteiger partial charge in [0, 0.05) is 21.0 Å². The van der Waals surface area contributed by atoms with Crippen molar-refractivity contribution < 1.29 is 14.3 Å². The summed E-state index contributed by atoms with van der Waals surface area (Å²) in [5, 5.41) is 8.22. The van der Waals surface area contributed by atoms with Gasteiger partial charge in [-0.25, -0.2) is 0 Å². The minimum Gasteiger partial charge on any atom is -0.482 e. The Morgan fingerprint density at radius 2 is 2.00 bits per heavy atom. The number of hydrogen-bond donors (Lipinski definition) is 2. The average Bonchev–Trinajstić information content (AvgIpc) is 2.66. The first-order valence-electron chi connectivity index (χ1n) is 8.27. The molecule has 0 radical (unpaired) electrons. The van der Waals surface area contributed by atoms with Gasteiger partial charge in [0.25, 0.3) is 5.91 Å². The highest BCUT2D eigenvalue weighted by molar-refractivity contribution is 8.00. The molecule has 2 N–H and O–H groups in total. The van der Waals surface area contributed by atoms with Crippen molar-refractivity contribution in [3.05, 3.63) is 59.6 Å². The van der Waals surface area contributed by atoms with E-state index >= 15 is 0 Å². The van der Waals surface area contributed by atoms with E-state index < -0.39 is 0 Å². The highest BCUT2D eigenvalue weighted by Crippen LogP contribution is 2.34. The summed E-state index contributed by atoms with van der Waals surface area (Å²) in [5.41, 5.74) is 1.15. The molecule has 136 valence electrons. The molecule has 1 aliphatic heterocycles. The fourth-order valence-electron chi connectivity index (χ4n) is 2.88. The number of amides is 2. The van der Waals surface area contributed by atoms with Crippen molar-refractivity contribution in [1.29, 1.82) is 0 Å². The molecule has 3 aromatic carbocycles. The molecule has 0 spiro atoms. The van der Waals surface area contributed by atoms with E-state index in [4.69, 9.17) is 16.3 Å². The molecule has 1 heterocycles. The van der Waals surface area contributed by atoms with Crippen LogP contribution in [0.25, 0.3) is 10.8 Å². The van der Waals surface area contributed by atoms with Crippen LogP contribution >= 0.6 is 23.4 Å². The van der Waals surface area contributed by atoms with Crippen LogP contribution in [-0.2, 0) is 9.59 Å². The molecule has 3 aromatic rings. The summed E-state index contributed by atoms with van der Waals surface area (Å²) in [7, 11) is 0. The first kappa shape index (κ1) is 17.7. The number of halogens is 1. The number of thioether (sulfide) groups is 1. The molecule has 1 aliphatic rings. The van der Waals surface area contributed by atoms with Crippen molar-refractivity contribution in [1.82, 2.24) is 0 Å². The van der Waals surface area contributed by atoms with Gasteiger partial charge in [0.05, 0.1) is 11.4 Å². The smallest absolute Gasteiger partial charge is 0.262 e. The summed E-state index contributed by atoms with van der Waals surface area (Å²) in [6.07, 6.45) is 0. The molecule has 4 rings (SSSR count). The Morgan fingerprint density at radius 3 is 2.85 bits per heavy atom. The predicted octanol–water partition coefficient (Wildman–Crippen LogP) is 4.55. The van der Waals surface area contributed by atoms with Crippen LogP contribution in [0.1, 0.15) is 0 Å². The first-order chi connectivity index (χ1) is 13.1. The van der Waals surface area contributed by atoms with Gasteiger partial charge in [-0.1, -0.05) is 35.9 Å². The van der Waals surface area contributed by atoms with Crippen LogP contribution in [0.2, 0.25) is 5.02 Å². The lowest BCUT2D eigenvalue weighted by Crippen LogP contribution is -2.25. The Morgan fingerprint density at radius 1 is 1.19 bits per heavy atom. The number of nitrogens with one attached hydrogen (secondary N) is 2. The maximum atomic E-state index is 12.4. The first-order valence-corrected chi connectivity index (χ1v) is 9.63. The van der Waals surface area contributed by atoms with Crippen molar-refractivity contribution in [3.63, 3.8) is 0 Å². The highest BCUT2D eigenvalue weighted by Gasteiger charge is 2.16. The highest BCUT2D eigenvalue weighted by atomic mass is 35.5. The molecule has 27 heavy (non-hydrogen) atoms. The van der Waals surface area contributed by atoms with E-state index in [0.29, 0.717) is 22.1 Å². The molecule has 0 unspecified atom stereocenters. The van der Waals surface area contributed by atoms with Crippen LogP contribution in [0.3, 0.4) is 0 Å². The second kappa shape index (κ2) is 7.50. The Kier molecular flexibility index (Phi) is 4.92. The van der Waals surface area contributed by atoms with Crippen LogP contribution in [0.5, 0.6) is 5.75 Å². The standard InChI is InChI=1S/C20H15ClN2O3S/c21-14-5-1-3-12-4-2-6-17(20(12)14)27-11-19(25)22-13-7-8-16-15(9-13)23-18(24)10-26-16/h1-9H,10-11H2,(H,22,25)(H,23,24). The molecule has 0 aliphatic carbocycles. The monoisotopic (exact) mass is 398 g/mol. The fourth-order valence-corrected chi connectivity index (χ4v) is 4.13. The lowest BCUT2D eigenvalue weighted by molar-refractivity contribution is -0.118. The fraction of sp³-hybridized carbons (Fsp3) is 0.100. The number of anilines is 2. The number of ether oxygens (including phenoxy) is 1. The number of carbonyl (C=O) groups excluding carboxylic acids is 2. The van der Waals surface area contributed by atoms with Gasteiger partial charge in [-0.2, -0.15) is 0 Å². The zero-order valence-electron chi connectivity index (χ0n) is 14.1. The van der Waals surface area contributed by atoms with E-state index in [0.717, 1.165) is 15.7 Å². The van der Waals surface area contributed by atoms with Crippen molar-refractivity contribution in [3.8, 4) is 5.75 Å². The largest absolute Gasteiger partial charge is 0.482 e. The SMILES string of the molecule is O=C(CSc1cccc2cccc(Cl)c12)Nc1ccc2c(c1)NC(=O)CO2. The van der Waals surface area contributed by atoms with Gasteiger partial charge >= 0.3 is 0 Å². The Bertz CT molecular complexity index is 1050. The third-order valence-corrected chi connectivity index (χ3v) is 5.44.